The Labute approximate surface area is 112 Å². The van der Waals surface area contributed by atoms with Gasteiger partial charge in [0.05, 0.1) is 12.1 Å². The highest BCUT2D eigenvalue weighted by Gasteiger charge is 2.35. The lowest BCUT2D eigenvalue weighted by Gasteiger charge is -2.27. The van der Waals surface area contributed by atoms with Gasteiger partial charge in [0.1, 0.15) is 6.04 Å². The molecule has 108 valence electrons. The molecule has 1 aliphatic carbocycles. The van der Waals surface area contributed by atoms with Crippen LogP contribution in [0, 0.1) is 0 Å². The van der Waals surface area contributed by atoms with E-state index in [0.29, 0.717) is 19.4 Å². The molecule has 6 nitrogen and oxygen atoms in total. The van der Waals surface area contributed by atoms with E-state index < -0.39 is 18.1 Å². The lowest BCUT2D eigenvalue weighted by Crippen LogP contribution is -2.51. The van der Waals surface area contributed by atoms with Crippen LogP contribution in [0.25, 0.3) is 0 Å². The summed E-state index contributed by atoms with van der Waals surface area (Å²) in [5.74, 6) is -0.950. The zero-order valence-electron chi connectivity index (χ0n) is 11.0. The number of hydrogen-bond donors (Lipinski definition) is 3. The third-order valence-electron chi connectivity index (χ3n) is 4.09. The van der Waals surface area contributed by atoms with Gasteiger partial charge in [-0.15, -0.1) is 0 Å². The molecule has 3 atom stereocenters. The summed E-state index contributed by atoms with van der Waals surface area (Å²) < 4.78 is 0. The monoisotopic (exact) mass is 270 g/mol. The molecule has 0 aromatic heterocycles. The van der Waals surface area contributed by atoms with Crippen molar-refractivity contribution in [2.24, 2.45) is 0 Å². The maximum absolute atomic E-state index is 12.1. The van der Waals surface area contributed by atoms with E-state index in [9.17, 15) is 14.7 Å². The molecular weight excluding hydrogens is 248 g/mol. The number of aliphatic hydroxyl groups excluding tert-OH is 1. The van der Waals surface area contributed by atoms with Crippen LogP contribution in [0.4, 0.5) is 4.79 Å². The van der Waals surface area contributed by atoms with Gasteiger partial charge in [-0.1, -0.05) is 19.3 Å². The van der Waals surface area contributed by atoms with E-state index in [1.165, 1.54) is 4.90 Å². The average Bonchev–Trinajstić information content (AvgIpc) is 2.78. The first-order valence-corrected chi connectivity index (χ1v) is 7.07. The largest absolute Gasteiger partial charge is 0.480 e. The van der Waals surface area contributed by atoms with Crippen molar-refractivity contribution >= 4 is 12.0 Å². The number of nitrogens with one attached hydrogen (secondary N) is 1. The molecule has 3 N–H and O–H groups in total. The Hall–Kier alpha value is -1.30. The molecule has 1 heterocycles. The van der Waals surface area contributed by atoms with E-state index in [0.717, 1.165) is 32.1 Å². The highest BCUT2D eigenvalue weighted by Crippen LogP contribution is 2.21. The Morgan fingerprint density at radius 3 is 2.53 bits per heavy atom. The van der Waals surface area contributed by atoms with Crippen LogP contribution in [0.2, 0.25) is 0 Å². The standard InChI is InChI=1S/C13H22N2O4/c16-11-7-3-1-2-5-9(11)14-13(19)15-8-4-6-10(15)12(17)18/h9-11,16H,1-8H2,(H,14,19)(H,17,18)/t9?,10-,11?/m1/s1. The van der Waals surface area contributed by atoms with Gasteiger partial charge >= 0.3 is 12.0 Å². The fraction of sp³-hybridized carbons (Fsp3) is 0.846. The molecule has 2 rings (SSSR count). The summed E-state index contributed by atoms with van der Waals surface area (Å²) in [7, 11) is 0. The summed E-state index contributed by atoms with van der Waals surface area (Å²) in [5, 5.41) is 21.8. The summed E-state index contributed by atoms with van der Waals surface area (Å²) in [6.07, 6.45) is 5.22. The number of rotatable bonds is 2. The normalized spacial score (nSPS) is 31.8. The lowest BCUT2D eigenvalue weighted by molar-refractivity contribution is -0.141. The third-order valence-corrected chi connectivity index (χ3v) is 4.09. The highest BCUT2D eigenvalue weighted by molar-refractivity contribution is 5.83. The van der Waals surface area contributed by atoms with Gasteiger partial charge in [-0.05, 0) is 25.7 Å². The second-order valence-corrected chi connectivity index (χ2v) is 5.45. The van der Waals surface area contributed by atoms with Crippen LogP contribution in [-0.2, 0) is 4.79 Å². The van der Waals surface area contributed by atoms with Gasteiger partial charge in [0, 0.05) is 6.54 Å². The molecule has 0 bridgehead atoms. The van der Waals surface area contributed by atoms with Crippen LogP contribution in [0.1, 0.15) is 44.9 Å². The van der Waals surface area contributed by atoms with E-state index in [4.69, 9.17) is 5.11 Å². The number of likely N-dealkylation sites (tertiary alicyclic amines) is 1. The molecule has 1 saturated carbocycles. The third kappa shape index (κ3) is 3.37. The fourth-order valence-electron chi connectivity index (χ4n) is 2.96. The molecule has 2 amide bonds. The summed E-state index contributed by atoms with van der Waals surface area (Å²) >= 11 is 0. The minimum Gasteiger partial charge on any atom is -0.480 e. The van der Waals surface area contributed by atoms with Crippen LogP contribution in [0.3, 0.4) is 0 Å². The topological polar surface area (TPSA) is 89.9 Å². The van der Waals surface area contributed by atoms with Gasteiger partial charge in [0.25, 0.3) is 0 Å². The quantitative estimate of drug-likeness (QED) is 0.651. The van der Waals surface area contributed by atoms with Gasteiger partial charge in [-0.25, -0.2) is 9.59 Å². The molecule has 0 aromatic rings. The van der Waals surface area contributed by atoms with Crippen LogP contribution in [0.5, 0.6) is 0 Å². The molecule has 19 heavy (non-hydrogen) atoms. The first-order chi connectivity index (χ1) is 9.09. The Balaban J connectivity index is 1.94. The maximum atomic E-state index is 12.1. The van der Waals surface area contributed by atoms with E-state index in [-0.39, 0.29) is 12.1 Å². The number of carboxylic acid groups (broad SMARTS) is 1. The fourth-order valence-corrected chi connectivity index (χ4v) is 2.96. The molecule has 0 radical (unpaired) electrons. The summed E-state index contributed by atoms with van der Waals surface area (Å²) in [6.45, 7) is 0.478. The molecular formula is C13H22N2O4. The van der Waals surface area contributed by atoms with Gasteiger partial charge in [-0.3, -0.25) is 0 Å². The molecule has 0 spiro atoms. The Bertz CT molecular complexity index is 348. The second-order valence-electron chi connectivity index (χ2n) is 5.45. The molecule has 6 heteroatoms. The zero-order chi connectivity index (χ0) is 13.8. The van der Waals surface area contributed by atoms with Crippen LogP contribution >= 0.6 is 0 Å². The number of carbonyl (C=O) groups excluding carboxylic acids is 1. The van der Waals surface area contributed by atoms with Crippen molar-refractivity contribution in [2.45, 2.75) is 63.1 Å². The molecule has 2 fully saturated rings. The van der Waals surface area contributed by atoms with Crippen molar-refractivity contribution in [3.63, 3.8) is 0 Å². The van der Waals surface area contributed by atoms with Crippen molar-refractivity contribution in [2.75, 3.05) is 6.54 Å². The number of hydrogen-bond acceptors (Lipinski definition) is 3. The van der Waals surface area contributed by atoms with Crippen LogP contribution in [0.15, 0.2) is 0 Å². The minimum absolute atomic E-state index is 0.245. The summed E-state index contributed by atoms with van der Waals surface area (Å²) in [4.78, 5) is 24.6. The lowest BCUT2D eigenvalue weighted by atomic mass is 10.1. The van der Waals surface area contributed by atoms with E-state index in [2.05, 4.69) is 5.32 Å². The number of carboxylic acids is 1. The first-order valence-electron chi connectivity index (χ1n) is 7.07. The second kappa shape index (κ2) is 6.23. The Kier molecular flexibility index (Phi) is 4.63. The number of nitrogens with zero attached hydrogens (tertiary/aromatic N) is 1. The van der Waals surface area contributed by atoms with E-state index in [1.807, 2.05) is 0 Å². The van der Waals surface area contributed by atoms with Gasteiger partial charge in [0.2, 0.25) is 0 Å². The maximum Gasteiger partial charge on any atom is 0.326 e. The molecule has 2 unspecified atom stereocenters. The number of urea groups is 1. The number of amides is 2. The Morgan fingerprint density at radius 2 is 1.79 bits per heavy atom. The predicted octanol–water partition coefficient (Wildman–Crippen LogP) is 0.939. The predicted molar refractivity (Wildman–Crippen MR) is 68.8 cm³/mol. The zero-order valence-corrected chi connectivity index (χ0v) is 11.0. The summed E-state index contributed by atoms with van der Waals surface area (Å²) in [6, 6.07) is -1.32. The molecule has 2 aliphatic rings. The Morgan fingerprint density at radius 1 is 1.05 bits per heavy atom. The van der Waals surface area contributed by atoms with E-state index >= 15 is 0 Å². The smallest absolute Gasteiger partial charge is 0.326 e. The van der Waals surface area contributed by atoms with Crippen molar-refractivity contribution in [1.29, 1.82) is 0 Å². The summed E-state index contributed by atoms with van der Waals surface area (Å²) in [5.41, 5.74) is 0. The van der Waals surface area contributed by atoms with Crippen LogP contribution < -0.4 is 5.32 Å². The number of aliphatic hydroxyl groups is 1. The molecule has 1 saturated heterocycles. The highest BCUT2D eigenvalue weighted by atomic mass is 16.4. The number of aliphatic carboxylic acids is 1. The minimum atomic E-state index is -0.950. The molecule has 0 aromatic carbocycles. The van der Waals surface area contributed by atoms with E-state index in [1.54, 1.807) is 0 Å². The van der Waals surface area contributed by atoms with Crippen molar-refractivity contribution < 1.29 is 19.8 Å². The first kappa shape index (κ1) is 14.1. The van der Waals surface area contributed by atoms with Crippen molar-refractivity contribution in [3.8, 4) is 0 Å². The van der Waals surface area contributed by atoms with Gasteiger partial charge in [-0.2, -0.15) is 0 Å². The van der Waals surface area contributed by atoms with Crippen molar-refractivity contribution in [1.82, 2.24) is 10.2 Å². The van der Waals surface area contributed by atoms with Gasteiger partial charge < -0.3 is 20.4 Å². The van der Waals surface area contributed by atoms with Gasteiger partial charge in [0.15, 0.2) is 0 Å². The van der Waals surface area contributed by atoms with Crippen molar-refractivity contribution in [3.05, 3.63) is 0 Å². The average molecular weight is 270 g/mol. The molecule has 1 aliphatic heterocycles. The van der Waals surface area contributed by atoms with Crippen LogP contribution in [-0.4, -0.2) is 51.8 Å². The number of carbonyl (C=O) groups is 2. The SMILES string of the molecule is O=C(O)[C@H]1CCCN1C(=O)NC1CCCCCC1O.